The van der Waals surface area contributed by atoms with Crippen molar-refractivity contribution < 1.29 is 19.5 Å². The lowest BCUT2D eigenvalue weighted by Crippen LogP contribution is -2.48. The zero-order chi connectivity index (χ0) is 25.1. The fraction of sp³-hybridized carbons (Fsp3) is 0.423. The Balaban J connectivity index is 1.86. The van der Waals surface area contributed by atoms with Crippen molar-refractivity contribution in [3.8, 4) is 0 Å². The van der Waals surface area contributed by atoms with Gasteiger partial charge in [-0.15, -0.1) is 0 Å². The third-order valence-electron chi connectivity index (χ3n) is 5.41. The second-order valence-corrected chi connectivity index (χ2v) is 10.5. The number of thioether (sulfide) groups is 2. The fourth-order valence-corrected chi connectivity index (χ4v) is 5.12. The maximum atomic E-state index is 12.8. The van der Waals surface area contributed by atoms with E-state index in [0.29, 0.717) is 11.3 Å². The Labute approximate surface area is 210 Å². The molecule has 8 heteroatoms. The van der Waals surface area contributed by atoms with Gasteiger partial charge >= 0.3 is 5.97 Å². The van der Waals surface area contributed by atoms with Crippen LogP contribution in [0.1, 0.15) is 43.6 Å². The highest BCUT2D eigenvalue weighted by atomic mass is 32.2. The van der Waals surface area contributed by atoms with Crippen molar-refractivity contribution in [2.45, 2.75) is 39.5 Å². The van der Waals surface area contributed by atoms with Crippen LogP contribution >= 0.6 is 23.5 Å². The molecule has 0 heterocycles. The first-order valence-electron chi connectivity index (χ1n) is 11.4. The summed E-state index contributed by atoms with van der Waals surface area (Å²) in [5.41, 5.74) is 1.95. The normalized spacial score (nSPS) is 12.1. The Kier molecular flexibility index (Phi) is 11.0. The molecule has 2 N–H and O–H groups in total. The molecular formula is C26H34N2O4S2. The third-order valence-corrected chi connectivity index (χ3v) is 7.88. The van der Waals surface area contributed by atoms with Crippen LogP contribution in [-0.4, -0.2) is 52.7 Å². The summed E-state index contributed by atoms with van der Waals surface area (Å²) in [4.78, 5) is 39.2. The molecule has 2 aromatic rings. The molecule has 0 aliphatic rings. The topological polar surface area (TPSA) is 86.7 Å². The minimum atomic E-state index is -1.07. The van der Waals surface area contributed by atoms with E-state index < -0.39 is 17.4 Å². The van der Waals surface area contributed by atoms with Gasteiger partial charge in [-0.05, 0) is 31.5 Å². The van der Waals surface area contributed by atoms with Crippen molar-refractivity contribution in [3.63, 3.8) is 0 Å². The number of carboxylic acid groups (broad SMARTS) is 1. The molecule has 2 aromatic carbocycles. The van der Waals surface area contributed by atoms with Crippen molar-refractivity contribution in [1.82, 2.24) is 5.32 Å². The molecule has 2 rings (SSSR count). The van der Waals surface area contributed by atoms with Crippen LogP contribution in [-0.2, 0) is 15.3 Å². The average molecular weight is 503 g/mol. The number of rotatable bonds is 13. The molecule has 0 fully saturated rings. The number of benzene rings is 2. The SMILES string of the molecule is CCN(CC)c1ccc(CSC[C@H](NC(=O)C(C)(C)CSC(=O)c2ccccc2)C(=O)O)cc1. The van der Waals surface area contributed by atoms with E-state index >= 15 is 0 Å². The smallest absolute Gasteiger partial charge is 0.327 e. The van der Waals surface area contributed by atoms with Gasteiger partial charge in [0.1, 0.15) is 6.04 Å². The Hall–Kier alpha value is -2.45. The summed E-state index contributed by atoms with van der Waals surface area (Å²) in [6.07, 6.45) is 0. The molecule has 0 spiro atoms. The molecule has 6 nitrogen and oxygen atoms in total. The lowest BCUT2D eigenvalue weighted by atomic mass is 9.95. The number of anilines is 1. The minimum absolute atomic E-state index is 0.112. The van der Waals surface area contributed by atoms with Gasteiger partial charge in [0, 0.05) is 41.6 Å². The lowest BCUT2D eigenvalue weighted by Gasteiger charge is -2.25. The number of nitrogens with one attached hydrogen (secondary N) is 1. The number of aliphatic carboxylic acids is 1. The molecule has 0 saturated carbocycles. The molecule has 0 unspecified atom stereocenters. The first kappa shape index (κ1) is 27.8. The van der Waals surface area contributed by atoms with E-state index in [0.717, 1.165) is 30.4 Å². The van der Waals surface area contributed by atoms with Crippen LogP contribution in [0.15, 0.2) is 54.6 Å². The standard InChI is InChI=1S/C26H34N2O4S2/c1-5-28(6-2)21-14-12-19(13-15-21)16-33-17-22(23(29)30)27-25(32)26(3,4)18-34-24(31)20-10-8-7-9-11-20/h7-15,22H,5-6,16-18H2,1-4H3,(H,27,32)(H,29,30)/t22-/m0/s1. The summed E-state index contributed by atoms with van der Waals surface area (Å²) in [7, 11) is 0. The van der Waals surface area contributed by atoms with Crippen LogP contribution in [0.25, 0.3) is 0 Å². The molecule has 0 bridgehead atoms. The van der Waals surface area contributed by atoms with Crippen LogP contribution in [0.4, 0.5) is 5.69 Å². The van der Waals surface area contributed by atoms with Gasteiger partial charge in [-0.1, -0.05) is 68.1 Å². The van der Waals surface area contributed by atoms with E-state index in [9.17, 15) is 19.5 Å². The maximum Gasteiger partial charge on any atom is 0.327 e. The van der Waals surface area contributed by atoms with Gasteiger partial charge in [0.15, 0.2) is 0 Å². The summed E-state index contributed by atoms with van der Waals surface area (Å²) in [5, 5.41) is 12.2. The third kappa shape index (κ3) is 8.40. The highest BCUT2D eigenvalue weighted by Gasteiger charge is 2.32. The van der Waals surface area contributed by atoms with Gasteiger partial charge in [-0.3, -0.25) is 9.59 Å². The van der Waals surface area contributed by atoms with E-state index in [4.69, 9.17) is 0 Å². The highest BCUT2D eigenvalue weighted by Crippen LogP contribution is 2.25. The highest BCUT2D eigenvalue weighted by molar-refractivity contribution is 8.14. The van der Waals surface area contributed by atoms with Crippen molar-refractivity contribution >= 4 is 46.2 Å². The van der Waals surface area contributed by atoms with Crippen LogP contribution in [0.2, 0.25) is 0 Å². The molecular weight excluding hydrogens is 468 g/mol. The average Bonchev–Trinajstić information content (AvgIpc) is 2.84. The summed E-state index contributed by atoms with van der Waals surface area (Å²) in [6.45, 7) is 9.57. The van der Waals surface area contributed by atoms with Gasteiger partial charge in [0.2, 0.25) is 11.0 Å². The van der Waals surface area contributed by atoms with E-state index in [2.05, 4.69) is 48.3 Å². The monoisotopic (exact) mass is 502 g/mol. The Bertz CT molecular complexity index is 945. The van der Waals surface area contributed by atoms with Gasteiger partial charge in [0.25, 0.3) is 0 Å². The molecule has 0 radical (unpaired) electrons. The van der Waals surface area contributed by atoms with Crippen molar-refractivity contribution in [3.05, 3.63) is 65.7 Å². The summed E-state index contributed by atoms with van der Waals surface area (Å²) in [6, 6.07) is 16.2. The van der Waals surface area contributed by atoms with Gasteiger partial charge < -0.3 is 15.3 Å². The fourth-order valence-electron chi connectivity index (χ4n) is 3.18. The molecule has 1 amide bonds. The number of hydrogen-bond acceptors (Lipinski definition) is 6. The Morgan fingerprint density at radius 3 is 2.18 bits per heavy atom. The second-order valence-electron chi connectivity index (χ2n) is 8.54. The van der Waals surface area contributed by atoms with Crippen LogP contribution in [0.5, 0.6) is 0 Å². The van der Waals surface area contributed by atoms with Gasteiger partial charge in [0.05, 0.1) is 5.41 Å². The molecule has 0 aliphatic carbocycles. The molecule has 0 saturated heterocycles. The first-order valence-corrected chi connectivity index (χ1v) is 13.5. The summed E-state index contributed by atoms with van der Waals surface area (Å²) >= 11 is 2.53. The number of nitrogens with zero attached hydrogens (tertiary/aromatic N) is 1. The first-order chi connectivity index (χ1) is 16.2. The van der Waals surface area contributed by atoms with Gasteiger partial charge in [-0.25, -0.2) is 4.79 Å². The van der Waals surface area contributed by atoms with E-state index in [1.165, 1.54) is 17.4 Å². The number of carboxylic acids is 1. The molecule has 1 atom stereocenters. The van der Waals surface area contributed by atoms with E-state index in [1.54, 1.807) is 38.1 Å². The quantitative estimate of drug-likeness (QED) is 0.401. The van der Waals surface area contributed by atoms with Crippen molar-refractivity contribution in [2.75, 3.05) is 29.5 Å². The Morgan fingerprint density at radius 1 is 1.00 bits per heavy atom. The number of carbonyl (C=O) groups is 3. The van der Waals surface area contributed by atoms with Crippen LogP contribution < -0.4 is 10.2 Å². The van der Waals surface area contributed by atoms with Crippen LogP contribution in [0, 0.1) is 5.41 Å². The molecule has 0 aromatic heterocycles. The van der Waals surface area contributed by atoms with Crippen molar-refractivity contribution in [2.24, 2.45) is 5.41 Å². The lowest BCUT2D eigenvalue weighted by molar-refractivity contribution is -0.142. The summed E-state index contributed by atoms with van der Waals surface area (Å²) < 4.78 is 0. The zero-order valence-corrected chi connectivity index (χ0v) is 21.9. The van der Waals surface area contributed by atoms with E-state index in [1.807, 2.05) is 6.07 Å². The predicted octanol–water partition coefficient (Wildman–Crippen LogP) is 4.94. The zero-order valence-electron chi connectivity index (χ0n) is 20.2. The number of amides is 1. The second kappa shape index (κ2) is 13.4. The molecule has 184 valence electrons. The van der Waals surface area contributed by atoms with Crippen LogP contribution in [0.3, 0.4) is 0 Å². The van der Waals surface area contributed by atoms with E-state index in [-0.39, 0.29) is 22.5 Å². The number of hydrogen-bond donors (Lipinski definition) is 2. The molecule has 34 heavy (non-hydrogen) atoms. The minimum Gasteiger partial charge on any atom is -0.480 e. The summed E-state index contributed by atoms with van der Waals surface area (Å²) in [5.74, 6) is -0.280. The largest absolute Gasteiger partial charge is 0.480 e. The number of carbonyl (C=O) groups excluding carboxylic acids is 2. The maximum absolute atomic E-state index is 12.8. The molecule has 0 aliphatic heterocycles. The Morgan fingerprint density at radius 2 is 1.62 bits per heavy atom. The predicted molar refractivity (Wildman–Crippen MR) is 143 cm³/mol. The van der Waals surface area contributed by atoms with Crippen molar-refractivity contribution in [1.29, 1.82) is 0 Å². The van der Waals surface area contributed by atoms with Gasteiger partial charge in [-0.2, -0.15) is 11.8 Å².